The van der Waals surface area contributed by atoms with Crippen molar-refractivity contribution in [3.05, 3.63) is 129 Å². The molecular weight excluding hydrogens is 638 g/mol. The van der Waals surface area contributed by atoms with E-state index in [0.717, 1.165) is 36.6 Å². The molecule has 0 unspecified atom stereocenters. The van der Waals surface area contributed by atoms with Crippen molar-refractivity contribution in [3.8, 4) is 0 Å². The minimum absolute atomic E-state index is 0.0816. The highest BCUT2D eigenvalue weighted by atomic mass is 79.9. The Morgan fingerprint density at radius 1 is 0.818 bits per heavy atom. The third-order valence-corrected chi connectivity index (χ3v) is 9.87. The molecule has 4 aromatic carbocycles. The normalized spacial score (nSPS) is 11.9. The lowest BCUT2D eigenvalue weighted by molar-refractivity contribution is -0.140. The van der Waals surface area contributed by atoms with Crippen LogP contribution in [0.4, 0.5) is 5.69 Å². The van der Waals surface area contributed by atoms with Crippen LogP contribution in [0.5, 0.6) is 0 Å². The van der Waals surface area contributed by atoms with Crippen LogP contribution >= 0.6 is 15.9 Å². The summed E-state index contributed by atoms with van der Waals surface area (Å²) in [5.41, 5.74) is 4.89. The first-order valence-corrected chi connectivity index (χ1v) is 16.7. The van der Waals surface area contributed by atoms with Crippen LogP contribution in [0.3, 0.4) is 0 Å². The lowest BCUT2D eigenvalue weighted by atomic mass is 10.0. The number of nitrogens with zero attached hydrogens (tertiary/aromatic N) is 2. The van der Waals surface area contributed by atoms with Crippen LogP contribution in [0.25, 0.3) is 0 Å². The summed E-state index contributed by atoms with van der Waals surface area (Å²) in [6.45, 7) is 7.59. The Morgan fingerprint density at radius 3 is 2.09 bits per heavy atom. The van der Waals surface area contributed by atoms with Gasteiger partial charge in [-0.3, -0.25) is 13.9 Å². The van der Waals surface area contributed by atoms with E-state index in [1.165, 1.54) is 4.90 Å². The Kier molecular flexibility index (Phi) is 11.0. The van der Waals surface area contributed by atoms with Crippen molar-refractivity contribution in [3.63, 3.8) is 0 Å². The number of likely N-dealkylation sites (N-methyl/N-ethyl adjacent to an activating group) is 1. The molecule has 0 aliphatic rings. The zero-order valence-corrected chi connectivity index (χ0v) is 27.9. The number of hydrogen-bond acceptors (Lipinski definition) is 4. The van der Waals surface area contributed by atoms with Gasteiger partial charge in [-0.05, 0) is 86.3 Å². The first kappa shape index (κ1) is 33.0. The van der Waals surface area contributed by atoms with E-state index < -0.39 is 28.5 Å². The van der Waals surface area contributed by atoms with Crippen LogP contribution in [0.1, 0.15) is 34.7 Å². The maximum Gasteiger partial charge on any atom is 0.264 e. The maximum atomic E-state index is 14.5. The fourth-order valence-electron chi connectivity index (χ4n) is 4.88. The molecule has 0 aliphatic carbocycles. The standard InChI is InChI=1S/C35H38BrN3O4S/c1-5-37-35(41)33(22-28-9-7-6-8-10-28)38(23-29-14-16-30(36)17-15-29)34(40)24-39(31-18-13-26(3)27(4)21-31)44(42,43)32-19-11-25(2)12-20-32/h6-21,33H,5,22-24H2,1-4H3,(H,37,41)/t33-/m1/s1. The van der Waals surface area contributed by atoms with Gasteiger partial charge in [-0.1, -0.05) is 82.2 Å². The van der Waals surface area contributed by atoms with E-state index in [4.69, 9.17) is 0 Å². The molecule has 1 atom stereocenters. The number of amides is 2. The van der Waals surface area contributed by atoms with Crippen molar-refractivity contribution in [1.82, 2.24) is 10.2 Å². The van der Waals surface area contributed by atoms with Crippen LogP contribution in [-0.4, -0.2) is 44.3 Å². The number of sulfonamides is 1. The second kappa shape index (κ2) is 14.7. The molecule has 7 nitrogen and oxygen atoms in total. The number of halogens is 1. The van der Waals surface area contributed by atoms with Gasteiger partial charge in [-0.2, -0.15) is 0 Å². The topological polar surface area (TPSA) is 86.8 Å². The third-order valence-electron chi connectivity index (χ3n) is 7.55. The van der Waals surface area contributed by atoms with Gasteiger partial charge in [0.2, 0.25) is 11.8 Å². The Hall–Kier alpha value is -3.95. The monoisotopic (exact) mass is 675 g/mol. The lowest BCUT2D eigenvalue weighted by Crippen LogP contribution is -2.53. The van der Waals surface area contributed by atoms with Crippen LogP contribution in [0, 0.1) is 20.8 Å². The van der Waals surface area contributed by atoms with E-state index in [1.54, 1.807) is 36.4 Å². The molecule has 0 radical (unpaired) electrons. The molecule has 1 N–H and O–H groups in total. The van der Waals surface area contributed by atoms with Crippen LogP contribution in [0.2, 0.25) is 0 Å². The van der Waals surface area contributed by atoms with Gasteiger partial charge >= 0.3 is 0 Å². The Bertz CT molecular complexity index is 1690. The van der Waals surface area contributed by atoms with Crippen LogP contribution < -0.4 is 9.62 Å². The largest absolute Gasteiger partial charge is 0.355 e. The second-order valence-electron chi connectivity index (χ2n) is 10.8. The first-order chi connectivity index (χ1) is 21.0. The molecule has 0 spiro atoms. The zero-order chi connectivity index (χ0) is 31.9. The van der Waals surface area contributed by atoms with Crippen molar-refractivity contribution in [2.24, 2.45) is 0 Å². The number of hydrogen-bond donors (Lipinski definition) is 1. The van der Waals surface area contributed by atoms with E-state index in [0.29, 0.717) is 12.2 Å². The molecule has 0 heterocycles. The minimum Gasteiger partial charge on any atom is -0.355 e. The summed E-state index contributed by atoms with van der Waals surface area (Å²) in [5.74, 6) is -0.796. The Labute approximate surface area is 269 Å². The number of carbonyl (C=O) groups excluding carboxylic acids is 2. The average molecular weight is 677 g/mol. The third kappa shape index (κ3) is 8.15. The fraction of sp³-hybridized carbons (Fsp3) is 0.257. The Balaban J connectivity index is 1.81. The molecule has 44 heavy (non-hydrogen) atoms. The van der Waals surface area contributed by atoms with Gasteiger partial charge < -0.3 is 10.2 Å². The van der Waals surface area contributed by atoms with Gasteiger partial charge in [0.1, 0.15) is 12.6 Å². The van der Waals surface area contributed by atoms with E-state index >= 15 is 0 Å². The molecule has 9 heteroatoms. The number of carbonyl (C=O) groups is 2. The quantitative estimate of drug-likeness (QED) is 0.190. The van der Waals surface area contributed by atoms with Crippen molar-refractivity contribution in [1.29, 1.82) is 0 Å². The van der Waals surface area contributed by atoms with E-state index in [2.05, 4.69) is 21.2 Å². The minimum atomic E-state index is -4.14. The highest BCUT2D eigenvalue weighted by Gasteiger charge is 2.34. The fourth-order valence-corrected chi connectivity index (χ4v) is 6.55. The summed E-state index contributed by atoms with van der Waals surface area (Å²) in [4.78, 5) is 29.6. The number of benzene rings is 4. The smallest absolute Gasteiger partial charge is 0.264 e. The van der Waals surface area contributed by atoms with Crippen molar-refractivity contribution in [2.45, 2.75) is 51.6 Å². The lowest BCUT2D eigenvalue weighted by Gasteiger charge is -2.34. The SMILES string of the molecule is CCNC(=O)[C@@H](Cc1ccccc1)N(Cc1ccc(Br)cc1)C(=O)CN(c1ccc(C)c(C)c1)S(=O)(=O)c1ccc(C)cc1. The Morgan fingerprint density at radius 2 is 1.48 bits per heavy atom. The predicted molar refractivity (Wildman–Crippen MR) is 179 cm³/mol. The number of rotatable bonds is 12. The van der Waals surface area contributed by atoms with Gasteiger partial charge in [0.05, 0.1) is 10.6 Å². The maximum absolute atomic E-state index is 14.5. The summed E-state index contributed by atoms with van der Waals surface area (Å²) in [5, 5.41) is 2.88. The predicted octanol–water partition coefficient (Wildman–Crippen LogP) is 6.35. The molecule has 0 bridgehead atoms. The molecule has 4 rings (SSSR count). The zero-order valence-electron chi connectivity index (χ0n) is 25.5. The number of nitrogens with one attached hydrogen (secondary N) is 1. The average Bonchev–Trinajstić information content (AvgIpc) is 3.00. The number of aryl methyl sites for hydroxylation is 3. The highest BCUT2D eigenvalue weighted by molar-refractivity contribution is 9.10. The van der Waals surface area contributed by atoms with Crippen molar-refractivity contribution in [2.75, 3.05) is 17.4 Å². The molecule has 0 saturated heterocycles. The van der Waals surface area contributed by atoms with E-state index in [1.807, 2.05) is 88.4 Å². The summed E-state index contributed by atoms with van der Waals surface area (Å²) < 4.78 is 30.4. The summed E-state index contributed by atoms with van der Waals surface area (Å²) in [7, 11) is -4.14. The molecule has 4 aromatic rings. The second-order valence-corrected chi connectivity index (χ2v) is 13.6. The van der Waals surface area contributed by atoms with E-state index in [9.17, 15) is 18.0 Å². The summed E-state index contributed by atoms with van der Waals surface area (Å²) in [6, 6.07) is 28.0. The molecular formula is C35H38BrN3O4S. The summed E-state index contributed by atoms with van der Waals surface area (Å²) >= 11 is 3.46. The van der Waals surface area contributed by atoms with Crippen molar-refractivity contribution >= 4 is 43.5 Å². The molecule has 0 aliphatic heterocycles. The summed E-state index contributed by atoms with van der Waals surface area (Å²) in [6.07, 6.45) is 0.267. The van der Waals surface area contributed by atoms with Crippen LogP contribution in [0.15, 0.2) is 106 Å². The molecule has 2 amide bonds. The molecule has 230 valence electrons. The van der Waals surface area contributed by atoms with Gasteiger partial charge in [0, 0.05) is 24.0 Å². The molecule has 0 saturated carbocycles. The van der Waals surface area contributed by atoms with Gasteiger partial charge in [-0.15, -0.1) is 0 Å². The first-order valence-electron chi connectivity index (χ1n) is 14.5. The number of anilines is 1. The van der Waals surface area contributed by atoms with E-state index in [-0.39, 0.29) is 23.8 Å². The van der Waals surface area contributed by atoms with Crippen molar-refractivity contribution < 1.29 is 18.0 Å². The molecule has 0 fully saturated rings. The molecule has 0 aromatic heterocycles. The van der Waals surface area contributed by atoms with Gasteiger partial charge in [-0.25, -0.2) is 8.42 Å². The van der Waals surface area contributed by atoms with Gasteiger partial charge in [0.15, 0.2) is 0 Å². The van der Waals surface area contributed by atoms with Crippen LogP contribution in [-0.2, 0) is 32.6 Å². The highest BCUT2D eigenvalue weighted by Crippen LogP contribution is 2.27. The van der Waals surface area contributed by atoms with Gasteiger partial charge in [0.25, 0.3) is 10.0 Å².